The van der Waals surface area contributed by atoms with Gasteiger partial charge in [-0.3, -0.25) is 4.79 Å². The number of methoxy groups -OCH3 is 1. The predicted molar refractivity (Wildman–Crippen MR) is 113 cm³/mol. The minimum absolute atomic E-state index is 0.110. The molecule has 2 aromatic rings. The lowest BCUT2D eigenvalue weighted by Gasteiger charge is -2.26. The van der Waals surface area contributed by atoms with Crippen LogP contribution in [-0.4, -0.2) is 38.8 Å². The summed E-state index contributed by atoms with van der Waals surface area (Å²) in [6, 6.07) is 10.6. The third kappa shape index (κ3) is 4.82. The van der Waals surface area contributed by atoms with Crippen molar-refractivity contribution in [1.29, 1.82) is 0 Å². The van der Waals surface area contributed by atoms with E-state index in [9.17, 15) is 17.6 Å². The number of amides is 1. The third-order valence-electron chi connectivity index (χ3n) is 5.36. The number of ether oxygens (including phenoxy) is 1. The maximum Gasteiger partial charge on any atom is 0.251 e. The zero-order chi connectivity index (χ0) is 21.7. The van der Waals surface area contributed by atoms with Crippen LogP contribution in [-0.2, 0) is 10.0 Å². The van der Waals surface area contributed by atoms with Gasteiger partial charge in [-0.05, 0) is 55.2 Å². The molecule has 30 heavy (non-hydrogen) atoms. The molecule has 0 saturated carbocycles. The summed E-state index contributed by atoms with van der Waals surface area (Å²) >= 11 is 0. The van der Waals surface area contributed by atoms with Gasteiger partial charge in [0.05, 0.1) is 13.2 Å². The number of hydrogen-bond acceptors (Lipinski definition) is 4. The average molecular weight is 435 g/mol. The highest BCUT2D eigenvalue weighted by Gasteiger charge is 2.29. The molecule has 1 N–H and O–H groups in total. The third-order valence-corrected chi connectivity index (χ3v) is 7.27. The van der Waals surface area contributed by atoms with Crippen LogP contribution < -0.4 is 10.1 Å². The zero-order valence-corrected chi connectivity index (χ0v) is 18.0. The van der Waals surface area contributed by atoms with Gasteiger partial charge < -0.3 is 10.1 Å². The number of nitrogens with zero attached hydrogens (tertiary/aromatic N) is 1. The van der Waals surface area contributed by atoms with Gasteiger partial charge in [0.2, 0.25) is 10.0 Å². The molecule has 6 nitrogen and oxygen atoms in total. The maximum atomic E-state index is 14.4. The van der Waals surface area contributed by atoms with Crippen molar-refractivity contribution < 1.29 is 22.3 Å². The zero-order valence-electron chi connectivity index (χ0n) is 17.2. The van der Waals surface area contributed by atoms with Gasteiger partial charge in [-0.2, -0.15) is 4.31 Å². The Morgan fingerprint density at radius 1 is 1.13 bits per heavy atom. The molecule has 2 aromatic carbocycles. The van der Waals surface area contributed by atoms with Crippen LogP contribution in [0.3, 0.4) is 0 Å². The number of benzene rings is 2. The van der Waals surface area contributed by atoms with Gasteiger partial charge in [0.1, 0.15) is 16.5 Å². The monoisotopic (exact) mass is 434 g/mol. The average Bonchev–Trinajstić information content (AvgIpc) is 2.78. The van der Waals surface area contributed by atoms with Gasteiger partial charge >= 0.3 is 0 Å². The van der Waals surface area contributed by atoms with Gasteiger partial charge in [-0.25, -0.2) is 12.8 Å². The van der Waals surface area contributed by atoms with Crippen molar-refractivity contribution in [3.05, 3.63) is 59.4 Å². The summed E-state index contributed by atoms with van der Waals surface area (Å²) in [5, 5.41) is 2.90. The first-order valence-corrected chi connectivity index (χ1v) is 11.6. The lowest BCUT2D eigenvalue weighted by molar-refractivity contribution is 0.0935. The minimum Gasteiger partial charge on any atom is -0.497 e. The molecule has 1 aliphatic rings. The Morgan fingerprint density at radius 3 is 2.40 bits per heavy atom. The van der Waals surface area contributed by atoms with Gasteiger partial charge in [-0.1, -0.05) is 25.5 Å². The molecule has 1 unspecified atom stereocenters. The summed E-state index contributed by atoms with van der Waals surface area (Å²) in [6.45, 7) is 2.67. The van der Waals surface area contributed by atoms with Crippen molar-refractivity contribution in [2.75, 3.05) is 20.2 Å². The molecule has 1 aliphatic heterocycles. The molecular formula is C22H27FN2O4S. The van der Waals surface area contributed by atoms with Crippen LogP contribution in [0, 0.1) is 5.82 Å². The Morgan fingerprint density at radius 2 is 1.80 bits per heavy atom. The Kier molecular flexibility index (Phi) is 7.10. The summed E-state index contributed by atoms with van der Waals surface area (Å²) in [5.41, 5.74) is 1.01. The molecule has 1 saturated heterocycles. The van der Waals surface area contributed by atoms with Crippen molar-refractivity contribution in [3.63, 3.8) is 0 Å². The van der Waals surface area contributed by atoms with Gasteiger partial charge in [0, 0.05) is 18.7 Å². The molecule has 3 rings (SSSR count). The smallest absolute Gasteiger partial charge is 0.251 e. The molecule has 1 fully saturated rings. The van der Waals surface area contributed by atoms with Crippen molar-refractivity contribution in [2.45, 2.75) is 43.5 Å². The second kappa shape index (κ2) is 9.57. The number of piperidine rings is 1. The van der Waals surface area contributed by atoms with Crippen molar-refractivity contribution in [2.24, 2.45) is 0 Å². The summed E-state index contributed by atoms with van der Waals surface area (Å²) < 4.78 is 46.6. The van der Waals surface area contributed by atoms with Crippen LogP contribution in [0.4, 0.5) is 4.39 Å². The van der Waals surface area contributed by atoms with E-state index in [1.54, 1.807) is 7.11 Å². The highest BCUT2D eigenvalue weighted by Crippen LogP contribution is 2.25. The highest BCUT2D eigenvalue weighted by atomic mass is 32.2. The molecule has 0 radical (unpaired) electrons. The van der Waals surface area contributed by atoms with Crippen molar-refractivity contribution in [1.82, 2.24) is 9.62 Å². The predicted octanol–water partition coefficient (Wildman–Crippen LogP) is 3.89. The lowest BCUT2D eigenvalue weighted by atomic mass is 10.0. The van der Waals surface area contributed by atoms with Crippen LogP contribution in [0.5, 0.6) is 5.75 Å². The summed E-state index contributed by atoms with van der Waals surface area (Å²) in [5.74, 6) is -0.585. The number of rotatable bonds is 7. The van der Waals surface area contributed by atoms with Crippen LogP contribution in [0.1, 0.15) is 54.6 Å². The number of carbonyl (C=O) groups is 1. The van der Waals surface area contributed by atoms with E-state index in [0.29, 0.717) is 25.3 Å². The Labute approximate surface area is 177 Å². The SMILES string of the molecule is CCC(NC(=O)c1ccc(F)c(S(=O)(=O)N2CCCCC2)c1)c1ccc(OC)cc1. The summed E-state index contributed by atoms with van der Waals surface area (Å²) in [7, 11) is -2.40. The number of halogens is 1. The fourth-order valence-electron chi connectivity index (χ4n) is 3.59. The van der Waals surface area contributed by atoms with E-state index in [0.717, 1.165) is 37.0 Å². The van der Waals surface area contributed by atoms with E-state index in [1.807, 2.05) is 31.2 Å². The Hall–Kier alpha value is -2.45. The first kappa shape index (κ1) is 22.2. The Balaban J connectivity index is 1.82. The molecule has 0 aromatic heterocycles. The van der Waals surface area contributed by atoms with E-state index in [2.05, 4.69) is 5.32 Å². The summed E-state index contributed by atoms with van der Waals surface area (Å²) in [4.78, 5) is 12.4. The summed E-state index contributed by atoms with van der Waals surface area (Å²) in [6.07, 6.45) is 3.10. The largest absolute Gasteiger partial charge is 0.497 e. The Bertz CT molecular complexity index is 987. The quantitative estimate of drug-likeness (QED) is 0.717. The van der Waals surface area contributed by atoms with E-state index >= 15 is 0 Å². The molecular weight excluding hydrogens is 407 g/mol. The van der Waals surface area contributed by atoms with Gasteiger partial charge in [0.25, 0.3) is 5.91 Å². The molecule has 0 aliphatic carbocycles. The van der Waals surface area contributed by atoms with E-state index in [4.69, 9.17) is 4.74 Å². The van der Waals surface area contributed by atoms with E-state index in [-0.39, 0.29) is 11.6 Å². The fourth-order valence-corrected chi connectivity index (χ4v) is 5.19. The first-order chi connectivity index (χ1) is 14.4. The second-order valence-corrected chi connectivity index (χ2v) is 9.22. The standard InChI is InChI=1S/C22H27FN2O4S/c1-3-20(16-7-10-18(29-2)11-8-16)24-22(26)17-9-12-19(23)21(15-17)30(27,28)25-13-5-4-6-14-25/h7-12,15,20H,3-6,13-14H2,1-2H3,(H,24,26). The highest BCUT2D eigenvalue weighted by molar-refractivity contribution is 7.89. The first-order valence-electron chi connectivity index (χ1n) is 10.1. The molecule has 1 heterocycles. The van der Waals surface area contributed by atoms with Gasteiger partial charge in [0.15, 0.2) is 0 Å². The van der Waals surface area contributed by atoms with Crippen LogP contribution in [0.2, 0.25) is 0 Å². The van der Waals surface area contributed by atoms with E-state index < -0.39 is 26.6 Å². The van der Waals surface area contributed by atoms with Gasteiger partial charge in [-0.15, -0.1) is 0 Å². The van der Waals surface area contributed by atoms with Crippen molar-refractivity contribution >= 4 is 15.9 Å². The molecule has 0 spiro atoms. The van der Waals surface area contributed by atoms with Crippen LogP contribution in [0.15, 0.2) is 47.4 Å². The number of nitrogens with one attached hydrogen (secondary N) is 1. The fraction of sp³-hybridized carbons (Fsp3) is 0.409. The lowest BCUT2D eigenvalue weighted by Crippen LogP contribution is -2.36. The number of sulfonamides is 1. The molecule has 8 heteroatoms. The number of carbonyl (C=O) groups excluding carboxylic acids is 1. The molecule has 162 valence electrons. The molecule has 1 amide bonds. The molecule has 1 atom stereocenters. The second-order valence-electron chi connectivity index (χ2n) is 7.32. The van der Waals surface area contributed by atoms with E-state index in [1.165, 1.54) is 10.4 Å². The number of hydrogen-bond donors (Lipinski definition) is 1. The molecule has 0 bridgehead atoms. The van der Waals surface area contributed by atoms with Crippen LogP contribution >= 0.6 is 0 Å². The normalized spacial score (nSPS) is 16.1. The van der Waals surface area contributed by atoms with Crippen LogP contribution in [0.25, 0.3) is 0 Å². The van der Waals surface area contributed by atoms with Crippen molar-refractivity contribution in [3.8, 4) is 5.75 Å². The maximum absolute atomic E-state index is 14.4. The minimum atomic E-state index is -3.98. The topological polar surface area (TPSA) is 75.7 Å².